The summed E-state index contributed by atoms with van der Waals surface area (Å²) in [6, 6.07) is 10.1. The van der Waals surface area contributed by atoms with E-state index in [0.29, 0.717) is 10.7 Å². The molecule has 1 heterocycles. The Bertz CT molecular complexity index is 1110. The third-order valence-electron chi connectivity index (χ3n) is 4.15. The minimum absolute atomic E-state index is 0.256. The maximum atomic E-state index is 13.0. The number of fused-ring (bicyclic) bond motifs is 1. The predicted molar refractivity (Wildman–Crippen MR) is 95.9 cm³/mol. The average Bonchev–Trinajstić information content (AvgIpc) is 2.58. The van der Waals surface area contributed by atoms with Gasteiger partial charge in [-0.05, 0) is 43.7 Å². The number of para-hydroxylation sites is 1. The van der Waals surface area contributed by atoms with Crippen molar-refractivity contribution in [2.24, 2.45) is 0 Å². The van der Waals surface area contributed by atoms with Crippen molar-refractivity contribution in [2.75, 3.05) is 0 Å². The van der Waals surface area contributed by atoms with Gasteiger partial charge in [0.15, 0.2) is 0 Å². The topological polar surface area (TPSA) is 81.3 Å². The molecule has 0 aliphatic rings. The van der Waals surface area contributed by atoms with Crippen molar-refractivity contribution in [3.05, 3.63) is 73.9 Å². The standard InChI is InChI=1S/C18H15ClN2O4/c1-10-7-8-12(9-14(10)19)21-16(22)13-5-3-4-6-15(13)20(18(21)25)11(2)17(23)24/h3-9,11H,1-2H3,(H,23,24). The predicted octanol–water partition coefficient (Wildman–Crippen LogP) is 2.76. The van der Waals surface area contributed by atoms with Gasteiger partial charge < -0.3 is 5.11 Å². The first kappa shape index (κ1) is 17.0. The first-order chi connectivity index (χ1) is 11.8. The molecular formula is C18H15ClN2O4. The number of aromatic nitrogens is 2. The number of nitrogens with zero attached hydrogens (tertiary/aromatic N) is 2. The zero-order valence-electron chi connectivity index (χ0n) is 13.6. The molecule has 0 fully saturated rings. The zero-order valence-corrected chi connectivity index (χ0v) is 14.3. The van der Waals surface area contributed by atoms with Crippen LogP contribution in [0.15, 0.2) is 52.1 Å². The lowest BCUT2D eigenvalue weighted by Crippen LogP contribution is -2.41. The number of carbonyl (C=O) groups is 1. The van der Waals surface area contributed by atoms with Crippen LogP contribution in [-0.4, -0.2) is 20.2 Å². The fraction of sp³-hybridized carbons (Fsp3) is 0.167. The van der Waals surface area contributed by atoms with Crippen LogP contribution in [0.1, 0.15) is 18.5 Å². The Labute approximate surface area is 147 Å². The molecule has 1 atom stereocenters. The van der Waals surface area contributed by atoms with Crippen molar-refractivity contribution in [2.45, 2.75) is 19.9 Å². The van der Waals surface area contributed by atoms with Crippen LogP contribution in [0.3, 0.4) is 0 Å². The fourth-order valence-corrected chi connectivity index (χ4v) is 2.89. The van der Waals surface area contributed by atoms with Gasteiger partial charge in [0, 0.05) is 5.02 Å². The van der Waals surface area contributed by atoms with Gasteiger partial charge in [-0.3, -0.25) is 9.36 Å². The van der Waals surface area contributed by atoms with Gasteiger partial charge in [0.1, 0.15) is 6.04 Å². The first-order valence-corrected chi connectivity index (χ1v) is 7.96. The van der Waals surface area contributed by atoms with E-state index in [4.69, 9.17) is 11.6 Å². The molecule has 1 aromatic heterocycles. The van der Waals surface area contributed by atoms with E-state index in [-0.39, 0.29) is 10.9 Å². The lowest BCUT2D eigenvalue weighted by molar-refractivity contribution is -0.140. The molecule has 1 N–H and O–H groups in total. The van der Waals surface area contributed by atoms with Crippen LogP contribution in [0.25, 0.3) is 16.6 Å². The molecule has 0 aliphatic heterocycles. The monoisotopic (exact) mass is 358 g/mol. The Hall–Kier alpha value is -2.86. The van der Waals surface area contributed by atoms with Crippen LogP contribution in [0, 0.1) is 6.92 Å². The second kappa shape index (κ2) is 6.22. The number of halogens is 1. The van der Waals surface area contributed by atoms with Crippen molar-refractivity contribution in [3.8, 4) is 5.69 Å². The lowest BCUT2D eigenvalue weighted by Gasteiger charge is -2.17. The zero-order chi connectivity index (χ0) is 18.3. The molecule has 3 aromatic rings. The summed E-state index contributed by atoms with van der Waals surface area (Å²) in [5.74, 6) is -1.17. The van der Waals surface area contributed by atoms with E-state index in [0.717, 1.165) is 14.7 Å². The maximum Gasteiger partial charge on any atom is 0.336 e. The van der Waals surface area contributed by atoms with Crippen LogP contribution in [0.5, 0.6) is 0 Å². The fourth-order valence-electron chi connectivity index (χ4n) is 2.72. The van der Waals surface area contributed by atoms with Gasteiger partial charge in [0.2, 0.25) is 0 Å². The Morgan fingerprint density at radius 3 is 2.48 bits per heavy atom. The van der Waals surface area contributed by atoms with E-state index in [1.54, 1.807) is 43.3 Å². The molecule has 0 bridgehead atoms. The molecule has 0 spiro atoms. The lowest BCUT2D eigenvalue weighted by atomic mass is 10.2. The Kier molecular flexibility index (Phi) is 4.22. The van der Waals surface area contributed by atoms with E-state index in [2.05, 4.69) is 0 Å². The summed E-state index contributed by atoms with van der Waals surface area (Å²) >= 11 is 6.12. The second-order valence-corrected chi connectivity index (χ2v) is 6.17. The third-order valence-corrected chi connectivity index (χ3v) is 4.56. The summed E-state index contributed by atoms with van der Waals surface area (Å²) in [5, 5.41) is 10.0. The van der Waals surface area contributed by atoms with Crippen LogP contribution in [-0.2, 0) is 4.79 Å². The molecule has 0 saturated carbocycles. The molecule has 0 saturated heterocycles. The molecule has 0 amide bonds. The maximum absolute atomic E-state index is 13.0. The van der Waals surface area contributed by atoms with Gasteiger partial charge in [-0.1, -0.05) is 29.8 Å². The SMILES string of the molecule is Cc1ccc(-n2c(=O)c3ccccc3n(C(C)C(=O)O)c2=O)cc1Cl. The molecule has 7 heteroatoms. The van der Waals surface area contributed by atoms with Gasteiger partial charge in [0.25, 0.3) is 5.56 Å². The van der Waals surface area contributed by atoms with Crippen LogP contribution >= 0.6 is 11.6 Å². The Balaban J connectivity index is 2.48. The van der Waals surface area contributed by atoms with Gasteiger partial charge in [0.05, 0.1) is 16.6 Å². The molecule has 1 unspecified atom stereocenters. The largest absolute Gasteiger partial charge is 0.480 e. The van der Waals surface area contributed by atoms with Crippen molar-refractivity contribution in [3.63, 3.8) is 0 Å². The quantitative estimate of drug-likeness (QED) is 0.780. The minimum Gasteiger partial charge on any atom is -0.480 e. The summed E-state index contributed by atoms with van der Waals surface area (Å²) in [6.45, 7) is 3.20. The van der Waals surface area contributed by atoms with E-state index >= 15 is 0 Å². The summed E-state index contributed by atoms with van der Waals surface area (Å²) in [7, 11) is 0. The molecule has 25 heavy (non-hydrogen) atoms. The summed E-state index contributed by atoms with van der Waals surface area (Å²) in [6.07, 6.45) is 0. The number of rotatable bonds is 3. The van der Waals surface area contributed by atoms with Crippen molar-refractivity contribution >= 4 is 28.5 Å². The summed E-state index contributed by atoms with van der Waals surface area (Å²) < 4.78 is 2.06. The average molecular weight is 359 g/mol. The van der Waals surface area contributed by atoms with Crippen molar-refractivity contribution in [1.82, 2.24) is 9.13 Å². The number of hydrogen-bond donors (Lipinski definition) is 1. The highest BCUT2D eigenvalue weighted by Crippen LogP contribution is 2.19. The van der Waals surface area contributed by atoms with Crippen LogP contribution < -0.4 is 11.2 Å². The minimum atomic E-state index is -1.17. The highest BCUT2D eigenvalue weighted by atomic mass is 35.5. The highest BCUT2D eigenvalue weighted by Gasteiger charge is 2.22. The highest BCUT2D eigenvalue weighted by molar-refractivity contribution is 6.31. The molecule has 128 valence electrons. The third kappa shape index (κ3) is 2.74. The van der Waals surface area contributed by atoms with E-state index in [1.165, 1.54) is 13.0 Å². The number of aliphatic carboxylic acids is 1. The number of carboxylic acid groups (broad SMARTS) is 1. The number of hydrogen-bond acceptors (Lipinski definition) is 3. The molecule has 0 aliphatic carbocycles. The molecular weight excluding hydrogens is 344 g/mol. The van der Waals surface area contributed by atoms with Crippen molar-refractivity contribution < 1.29 is 9.90 Å². The van der Waals surface area contributed by atoms with Crippen LogP contribution in [0.2, 0.25) is 5.02 Å². The Morgan fingerprint density at radius 1 is 1.16 bits per heavy atom. The summed E-state index contributed by atoms with van der Waals surface area (Å²) in [4.78, 5) is 37.3. The summed E-state index contributed by atoms with van der Waals surface area (Å²) in [5.41, 5.74) is 0.135. The van der Waals surface area contributed by atoms with Gasteiger partial charge >= 0.3 is 11.7 Å². The van der Waals surface area contributed by atoms with E-state index in [9.17, 15) is 19.5 Å². The van der Waals surface area contributed by atoms with Gasteiger partial charge in [-0.25, -0.2) is 14.2 Å². The second-order valence-electron chi connectivity index (χ2n) is 5.76. The number of aryl methyl sites for hydroxylation is 1. The molecule has 2 aromatic carbocycles. The molecule has 6 nitrogen and oxygen atoms in total. The molecule has 0 radical (unpaired) electrons. The van der Waals surface area contributed by atoms with E-state index < -0.39 is 23.3 Å². The van der Waals surface area contributed by atoms with E-state index in [1.807, 2.05) is 0 Å². The number of benzene rings is 2. The van der Waals surface area contributed by atoms with Crippen molar-refractivity contribution in [1.29, 1.82) is 0 Å². The Morgan fingerprint density at radius 2 is 1.84 bits per heavy atom. The first-order valence-electron chi connectivity index (χ1n) is 7.58. The normalized spacial score (nSPS) is 12.3. The van der Waals surface area contributed by atoms with Gasteiger partial charge in [-0.15, -0.1) is 0 Å². The van der Waals surface area contributed by atoms with Gasteiger partial charge in [-0.2, -0.15) is 0 Å². The van der Waals surface area contributed by atoms with Crippen LogP contribution in [0.4, 0.5) is 0 Å². The number of carboxylic acids is 1. The molecule has 3 rings (SSSR count). The smallest absolute Gasteiger partial charge is 0.336 e.